The molecule has 1 saturated heterocycles. The van der Waals surface area contributed by atoms with Crippen molar-refractivity contribution in [2.45, 2.75) is 47.1 Å². The Morgan fingerprint density at radius 2 is 2.00 bits per heavy atom. The Morgan fingerprint density at radius 3 is 2.53 bits per heavy atom. The van der Waals surface area contributed by atoms with Gasteiger partial charge in [0.05, 0.1) is 0 Å². The van der Waals surface area contributed by atoms with Crippen molar-refractivity contribution in [1.29, 1.82) is 0 Å². The third-order valence-electron chi connectivity index (χ3n) is 3.33. The van der Waals surface area contributed by atoms with E-state index < -0.39 is 0 Å². The van der Waals surface area contributed by atoms with E-state index in [-0.39, 0.29) is 0 Å². The van der Waals surface area contributed by atoms with Gasteiger partial charge < -0.3 is 10.2 Å². The number of rotatable bonds is 3. The summed E-state index contributed by atoms with van der Waals surface area (Å²) in [6.07, 6.45) is 1.33. The fourth-order valence-electron chi connectivity index (χ4n) is 2.03. The van der Waals surface area contributed by atoms with Gasteiger partial charge in [-0.15, -0.1) is 0 Å². The highest BCUT2D eigenvalue weighted by molar-refractivity contribution is 4.87. The highest BCUT2D eigenvalue weighted by atomic mass is 15.2. The van der Waals surface area contributed by atoms with Gasteiger partial charge in [-0.25, -0.2) is 0 Å². The summed E-state index contributed by atoms with van der Waals surface area (Å²) in [7, 11) is 0. The lowest BCUT2D eigenvalue weighted by atomic mass is 9.85. The Balaban J connectivity index is 2.36. The predicted molar refractivity (Wildman–Crippen MR) is 67.1 cm³/mol. The van der Waals surface area contributed by atoms with E-state index in [1.54, 1.807) is 0 Å². The fourth-order valence-corrected chi connectivity index (χ4v) is 2.03. The average Bonchev–Trinajstić information content (AvgIpc) is 2.14. The van der Waals surface area contributed by atoms with Crippen molar-refractivity contribution < 1.29 is 0 Å². The summed E-state index contributed by atoms with van der Waals surface area (Å²) in [5.74, 6) is 0.827. The highest BCUT2D eigenvalue weighted by Gasteiger charge is 2.28. The summed E-state index contributed by atoms with van der Waals surface area (Å²) >= 11 is 0. The number of hydrogen-bond donors (Lipinski definition) is 1. The van der Waals surface area contributed by atoms with Gasteiger partial charge in [0, 0.05) is 25.7 Å². The van der Waals surface area contributed by atoms with Gasteiger partial charge in [-0.2, -0.15) is 0 Å². The predicted octanol–water partition coefficient (Wildman–Crippen LogP) is 2.35. The summed E-state index contributed by atoms with van der Waals surface area (Å²) in [5.41, 5.74) is 0.385. The van der Waals surface area contributed by atoms with Crippen molar-refractivity contribution in [2.75, 3.05) is 26.2 Å². The molecule has 0 spiro atoms. The zero-order valence-electron chi connectivity index (χ0n) is 11.1. The van der Waals surface area contributed by atoms with E-state index >= 15 is 0 Å². The maximum Gasteiger partial charge on any atom is 0.0244 e. The van der Waals surface area contributed by atoms with Gasteiger partial charge in [0.1, 0.15) is 0 Å². The summed E-state index contributed by atoms with van der Waals surface area (Å²) in [5, 5.41) is 3.63. The molecule has 1 heterocycles. The molecule has 1 unspecified atom stereocenters. The van der Waals surface area contributed by atoms with Crippen LogP contribution in [0.5, 0.6) is 0 Å². The van der Waals surface area contributed by atoms with Crippen LogP contribution in [0.2, 0.25) is 0 Å². The molecule has 0 saturated carbocycles. The fraction of sp³-hybridized carbons (Fsp3) is 1.00. The van der Waals surface area contributed by atoms with Crippen LogP contribution in [0.4, 0.5) is 0 Å². The van der Waals surface area contributed by atoms with E-state index in [1.807, 2.05) is 0 Å². The van der Waals surface area contributed by atoms with Crippen molar-refractivity contribution in [3.05, 3.63) is 0 Å². The summed E-state index contributed by atoms with van der Waals surface area (Å²) < 4.78 is 0. The Labute approximate surface area is 95.4 Å². The molecule has 0 aromatic carbocycles. The molecular formula is C13H28N2. The van der Waals surface area contributed by atoms with Crippen LogP contribution < -0.4 is 5.32 Å². The monoisotopic (exact) mass is 212 g/mol. The molecule has 1 N–H and O–H groups in total. The maximum atomic E-state index is 3.63. The number of hydrogen-bond acceptors (Lipinski definition) is 2. The van der Waals surface area contributed by atoms with E-state index in [9.17, 15) is 0 Å². The minimum absolute atomic E-state index is 0.385. The first-order chi connectivity index (χ1) is 6.89. The van der Waals surface area contributed by atoms with E-state index in [2.05, 4.69) is 44.8 Å². The van der Waals surface area contributed by atoms with Gasteiger partial charge in [0.2, 0.25) is 0 Å². The molecule has 2 heteroatoms. The van der Waals surface area contributed by atoms with Crippen molar-refractivity contribution in [3.8, 4) is 0 Å². The Morgan fingerprint density at radius 1 is 1.33 bits per heavy atom. The van der Waals surface area contributed by atoms with Crippen molar-refractivity contribution in [3.63, 3.8) is 0 Å². The summed E-state index contributed by atoms with van der Waals surface area (Å²) in [4.78, 5) is 2.62. The van der Waals surface area contributed by atoms with Crippen LogP contribution in [-0.4, -0.2) is 37.1 Å². The number of nitrogens with zero attached hydrogens (tertiary/aromatic N) is 1. The topological polar surface area (TPSA) is 15.3 Å². The molecular weight excluding hydrogens is 184 g/mol. The Kier molecular flexibility index (Phi) is 4.60. The maximum absolute atomic E-state index is 3.63. The van der Waals surface area contributed by atoms with Gasteiger partial charge in [0.25, 0.3) is 0 Å². The van der Waals surface area contributed by atoms with Gasteiger partial charge in [-0.1, -0.05) is 34.6 Å². The second-order valence-corrected chi connectivity index (χ2v) is 6.36. The minimum Gasteiger partial charge on any atom is -0.311 e. The Bertz CT molecular complexity index is 181. The lowest BCUT2D eigenvalue weighted by Crippen LogP contribution is -2.55. The van der Waals surface area contributed by atoms with Crippen molar-refractivity contribution in [1.82, 2.24) is 10.2 Å². The van der Waals surface area contributed by atoms with E-state index in [4.69, 9.17) is 0 Å². The van der Waals surface area contributed by atoms with Crippen LogP contribution in [0.3, 0.4) is 0 Å². The molecule has 0 aromatic heterocycles. The average molecular weight is 212 g/mol. The molecule has 0 aliphatic carbocycles. The van der Waals surface area contributed by atoms with Gasteiger partial charge in [-0.05, 0) is 24.3 Å². The highest BCUT2D eigenvalue weighted by Crippen LogP contribution is 2.22. The Hall–Kier alpha value is -0.0800. The van der Waals surface area contributed by atoms with Gasteiger partial charge in [0.15, 0.2) is 0 Å². The van der Waals surface area contributed by atoms with Gasteiger partial charge >= 0.3 is 0 Å². The third-order valence-corrected chi connectivity index (χ3v) is 3.33. The van der Waals surface area contributed by atoms with E-state index in [0.29, 0.717) is 11.5 Å². The molecule has 1 aliphatic heterocycles. The number of nitrogens with one attached hydrogen (secondary N) is 1. The van der Waals surface area contributed by atoms with Crippen LogP contribution >= 0.6 is 0 Å². The first-order valence-corrected chi connectivity index (χ1v) is 6.35. The summed E-state index contributed by atoms with van der Waals surface area (Å²) in [6.45, 7) is 16.5. The molecule has 15 heavy (non-hydrogen) atoms. The third kappa shape index (κ3) is 4.52. The quantitative estimate of drug-likeness (QED) is 0.772. The first-order valence-electron chi connectivity index (χ1n) is 6.35. The summed E-state index contributed by atoms with van der Waals surface area (Å²) in [6, 6.07) is 0.651. The molecule has 1 atom stereocenters. The second-order valence-electron chi connectivity index (χ2n) is 6.36. The molecule has 0 bridgehead atoms. The molecule has 1 fully saturated rings. The lowest BCUT2D eigenvalue weighted by molar-refractivity contribution is 0.130. The van der Waals surface area contributed by atoms with Crippen molar-refractivity contribution in [2.24, 2.45) is 11.3 Å². The van der Waals surface area contributed by atoms with Crippen LogP contribution in [0.25, 0.3) is 0 Å². The normalized spacial score (nSPS) is 24.8. The zero-order chi connectivity index (χ0) is 11.5. The van der Waals surface area contributed by atoms with Crippen LogP contribution in [0, 0.1) is 11.3 Å². The van der Waals surface area contributed by atoms with Gasteiger partial charge in [-0.3, -0.25) is 0 Å². The van der Waals surface area contributed by atoms with E-state index in [0.717, 1.165) is 12.5 Å². The standard InChI is InChI=1S/C13H28N2/c1-11(2)6-8-15-9-7-14-12(10-15)13(3,4)5/h11-12,14H,6-10H2,1-5H3. The number of piperazine rings is 1. The SMILES string of the molecule is CC(C)CCN1CCNC(C(C)(C)C)C1. The second kappa shape index (κ2) is 5.31. The molecule has 1 aliphatic rings. The van der Waals surface area contributed by atoms with E-state index in [1.165, 1.54) is 26.1 Å². The van der Waals surface area contributed by atoms with Crippen LogP contribution in [0.1, 0.15) is 41.0 Å². The van der Waals surface area contributed by atoms with Crippen LogP contribution in [0.15, 0.2) is 0 Å². The lowest BCUT2D eigenvalue weighted by Gasteiger charge is -2.40. The molecule has 1 rings (SSSR count). The molecule has 90 valence electrons. The molecule has 0 radical (unpaired) electrons. The largest absolute Gasteiger partial charge is 0.311 e. The minimum atomic E-state index is 0.385. The molecule has 2 nitrogen and oxygen atoms in total. The molecule has 0 amide bonds. The van der Waals surface area contributed by atoms with Crippen LogP contribution in [-0.2, 0) is 0 Å². The zero-order valence-corrected chi connectivity index (χ0v) is 11.1. The van der Waals surface area contributed by atoms with Crippen molar-refractivity contribution >= 4 is 0 Å². The smallest absolute Gasteiger partial charge is 0.0244 e. The first kappa shape index (κ1) is 13.0. The molecule has 0 aromatic rings.